The number of carbonyl (C=O) groups is 1. The highest BCUT2D eigenvalue weighted by Crippen LogP contribution is 2.06. The first-order chi connectivity index (χ1) is 9.71. The van der Waals surface area contributed by atoms with Crippen LogP contribution in [0.4, 0.5) is 4.79 Å². The lowest BCUT2D eigenvalue weighted by atomic mass is 10.3. The number of carbonyl (C=O) groups excluding carboxylic acids is 1. The van der Waals surface area contributed by atoms with Gasteiger partial charge in [0.1, 0.15) is 6.33 Å². The molecule has 0 radical (unpaired) electrons. The molecule has 1 atom stereocenters. The molecule has 0 bridgehead atoms. The van der Waals surface area contributed by atoms with Gasteiger partial charge in [-0.2, -0.15) is 0 Å². The highest BCUT2D eigenvalue weighted by molar-refractivity contribution is 7.88. The van der Waals surface area contributed by atoms with Crippen LogP contribution >= 0.6 is 0 Å². The second kappa shape index (κ2) is 7.36. The van der Waals surface area contributed by atoms with Crippen LogP contribution in [0.25, 0.3) is 0 Å². The molecule has 9 nitrogen and oxygen atoms in total. The number of aryl methyl sites for hydroxylation is 1. The van der Waals surface area contributed by atoms with Crippen LogP contribution in [0, 0.1) is 0 Å². The monoisotopic (exact) mass is 318 g/mol. The van der Waals surface area contributed by atoms with Crippen molar-refractivity contribution >= 4 is 16.1 Å². The van der Waals surface area contributed by atoms with Gasteiger partial charge in [0, 0.05) is 27.2 Å². The molecule has 21 heavy (non-hydrogen) atoms. The third-order valence-electron chi connectivity index (χ3n) is 2.98. The van der Waals surface area contributed by atoms with Crippen molar-refractivity contribution in [2.45, 2.75) is 19.4 Å². The Morgan fingerprint density at radius 2 is 2.19 bits per heavy atom. The molecule has 1 rings (SSSR count). The summed E-state index contributed by atoms with van der Waals surface area (Å²) in [6, 6.07) is -0.594. The molecular formula is C11H22N6O3S. The second-order valence-corrected chi connectivity index (χ2v) is 6.95. The molecule has 2 N–H and O–H groups in total. The Balaban J connectivity index is 2.28. The minimum absolute atomic E-state index is 0.267. The molecule has 1 heterocycles. The van der Waals surface area contributed by atoms with Crippen LogP contribution in [0.1, 0.15) is 25.2 Å². The van der Waals surface area contributed by atoms with Crippen molar-refractivity contribution in [2.24, 2.45) is 7.05 Å². The molecule has 0 fully saturated rings. The highest BCUT2D eigenvalue weighted by Gasteiger charge is 2.14. The van der Waals surface area contributed by atoms with Crippen molar-refractivity contribution in [3.05, 3.63) is 12.2 Å². The number of urea groups is 1. The molecule has 10 heteroatoms. The van der Waals surface area contributed by atoms with Gasteiger partial charge < -0.3 is 15.2 Å². The molecule has 0 aliphatic carbocycles. The summed E-state index contributed by atoms with van der Waals surface area (Å²) in [6.07, 6.45) is 3.25. The predicted molar refractivity (Wildman–Crippen MR) is 78.0 cm³/mol. The molecule has 0 aromatic carbocycles. The molecule has 0 saturated carbocycles. The van der Waals surface area contributed by atoms with Gasteiger partial charge in [0.2, 0.25) is 10.0 Å². The van der Waals surface area contributed by atoms with E-state index < -0.39 is 10.0 Å². The van der Waals surface area contributed by atoms with Crippen LogP contribution in [0.15, 0.2) is 6.33 Å². The number of nitrogens with zero attached hydrogens (tertiary/aromatic N) is 4. The Morgan fingerprint density at radius 3 is 2.71 bits per heavy atom. The summed E-state index contributed by atoms with van der Waals surface area (Å²) in [6.45, 7) is 2.55. The third-order valence-corrected chi connectivity index (χ3v) is 4.30. The Kier molecular flexibility index (Phi) is 6.09. The quantitative estimate of drug-likeness (QED) is 0.656. The molecule has 0 aliphatic heterocycles. The Labute approximate surface area is 124 Å². The van der Waals surface area contributed by atoms with Gasteiger partial charge >= 0.3 is 6.03 Å². The smallest absolute Gasteiger partial charge is 0.315 e. The molecule has 0 unspecified atom stereocenters. The highest BCUT2D eigenvalue weighted by atomic mass is 32.2. The van der Waals surface area contributed by atoms with Crippen molar-refractivity contribution in [3.63, 3.8) is 0 Å². The summed E-state index contributed by atoms with van der Waals surface area (Å²) in [5.41, 5.74) is 0. The zero-order chi connectivity index (χ0) is 16.0. The van der Waals surface area contributed by atoms with E-state index in [0.29, 0.717) is 25.3 Å². The molecule has 120 valence electrons. The lowest BCUT2D eigenvalue weighted by Crippen LogP contribution is -2.39. The fourth-order valence-electron chi connectivity index (χ4n) is 1.67. The number of hydrogen-bond donors (Lipinski definition) is 2. The summed E-state index contributed by atoms with van der Waals surface area (Å²) in [7, 11) is 0.134. The fourth-order valence-corrected chi connectivity index (χ4v) is 2.13. The number of nitrogens with one attached hydrogen (secondary N) is 2. The summed E-state index contributed by atoms with van der Waals surface area (Å²) in [5.74, 6) is 0.655. The summed E-state index contributed by atoms with van der Waals surface area (Å²) < 4.78 is 25.3. The second-order valence-electron chi connectivity index (χ2n) is 4.86. The van der Waals surface area contributed by atoms with E-state index in [1.165, 1.54) is 11.4 Å². The normalized spacial score (nSPS) is 13.2. The average Bonchev–Trinajstić information content (AvgIpc) is 2.79. The summed E-state index contributed by atoms with van der Waals surface area (Å²) in [4.78, 5) is 11.7. The number of hydrogen-bond acceptors (Lipinski definition) is 5. The van der Waals surface area contributed by atoms with Gasteiger partial charge in [-0.05, 0) is 13.3 Å². The minimum atomic E-state index is -3.17. The Morgan fingerprint density at radius 1 is 1.52 bits per heavy atom. The van der Waals surface area contributed by atoms with Crippen molar-refractivity contribution in [2.75, 3.05) is 26.4 Å². The number of rotatable bonds is 7. The van der Waals surface area contributed by atoms with Gasteiger partial charge in [-0.1, -0.05) is 0 Å². The van der Waals surface area contributed by atoms with Gasteiger partial charge in [0.05, 0.1) is 12.3 Å². The SMILES string of the molecule is C[C@@H](NC(=O)NCCCN(C)S(C)(=O)=O)c1nncn1C. The van der Waals surface area contributed by atoms with Crippen molar-refractivity contribution in [1.82, 2.24) is 29.7 Å². The first-order valence-electron chi connectivity index (χ1n) is 6.51. The number of amides is 2. The first-order valence-corrected chi connectivity index (χ1v) is 8.36. The maximum absolute atomic E-state index is 11.7. The fraction of sp³-hybridized carbons (Fsp3) is 0.727. The van der Waals surface area contributed by atoms with Crippen LogP contribution in [0.3, 0.4) is 0 Å². The Hall–Kier alpha value is -1.68. The number of sulfonamides is 1. The molecule has 0 spiro atoms. The average molecular weight is 318 g/mol. The van der Waals surface area contributed by atoms with E-state index >= 15 is 0 Å². The lowest BCUT2D eigenvalue weighted by Gasteiger charge is -2.15. The van der Waals surface area contributed by atoms with E-state index in [2.05, 4.69) is 20.8 Å². The van der Waals surface area contributed by atoms with Crippen LogP contribution in [0.5, 0.6) is 0 Å². The van der Waals surface area contributed by atoms with Crippen LogP contribution in [-0.2, 0) is 17.1 Å². The first kappa shape index (κ1) is 17.4. The Bertz CT molecular complexity index is 570. The largest absolute Gasteiger partial charge is 0.338 e. The zero-order valence-corrected chi connectivity index (χ0v) is 13.5. The van der Waals surface area contributed by atoms with E-state index in [1.807, 2.05) is 0 Å². The topological polar surface area (TPSA) is 109 Å². The molecule has 2 amide bonds. The van der Waals surface area contributed by atoms with Crippen LogP contribution in [0.2, 0.25) is 0 Å². The van der Waals surface area contributed by atoms with Gasteiger partial charge in [0.15, 0.2) is 5.82 Å². The maximum atomic E-state index is 11.7. The van der Waals surface area contributed by atoms with E-state index in [9.17, 15) is 13.2 Å². The van der Waals surface area contributed by atoms with E-state index in [0.717, 1.165) is 6.26 Å². The van der Waals surface area contributed by atoms with E-state index in [-0.39, 0.29) is 12.1 Å². The van der Waals surface area contributed by atoms with Crippen molar-refractivity contribution in [1.29, 1.82) is 0 Å². The molecule has 0 saturated heterocycles. The summed E-state index contributed by atoms with van der Waals surface area (Å²) >= 11 is 0. The molecular weight excluding hydrogens is 296 g/mol. The van der Waals surface area contributed by atoms with Crippen LogP contribution < -0.4 is 10.6 Å². The van der Waals surface area contributed by atoms with Gasteiger partial charge in [-0.3, -0.25) is 0 Å². The lowest BCUT2D eigenvalue weighted by molar-refractivity contribution is 0.237. The van der Waals surface area contributed by atoms with Gasteiger partial charge in [-0.25, -0.2) is 17.5 Å². The van der Waals surface area contributed by atoms with E-state index in [1.54, 1.807) is 24.9 Å². The zero-order valence-electron chi connectivity index (χ0n) is 12.7. The maximum Gasteiger partial charge on any atom is 0.315 e. The predicted octanol–water partition coefficient (Wildman–Crippen LogP) is -0.543. The molecule has 0 aliphatic rings. The van der Waals surface area contributed by atoms with E-state index in [4.69, 9.17) is 0 Å². The van der Waals surface area contributed by atoms with Crippen molar-refractivity contribution in [3.8, 4) is 0 Å². The number of aromatic nitrogens is 3. The summed E-state index contributed by atoms with van der Waals surface area (Å²) in [5, 5.41) is 13.1. The molecule has 1 aromatic heterocycles. The third kappa shape index (κ3) is 5.68. The van der Waals surface area contributed by atoms with Crippen LogP contribution in [-0.4, -0.2) is 59.9 Å². The van der Waals surface area contributed by atoms with Crippen molar-refractivity contribution < 1.29 is 13.2 Å². The minimum Gasteiger partial charge on any atom is -0.338 e. The van der Waals surface area contributed by atoms with Gasteiger partial charge in [-0.15, -0.1) is 10.2 Å². The molecule has 1 aromatic rings. The van der Waals surface area contributed by atoms with Gasteiger partial charge in [0.25, 0.3) is 0 Å². The standard InChI is InChI=1S/C11H22N6O3S/c1-9(10-15-13-8-16(10)2)14-11(18)12-6-5-7-17(3)21(4,19)20/h8-9H,5-7H2,1-4H3,(H2,12,14,18)/t9-/m1/s1.